The molecule has 0 radical (unpaired) electrons. The molecule has 0 unspecified atom stereocenters. The van der Waals surface area contributed by atoms with E-state index in [2.05, 4.69) is 0 Å². The SMILES string of the molecule is Cc1c2ccccc2c(C)c2c(OC(=O)c3c(F)c(F)c(F)c(F)c3F)ccc(OC(=O)c3c(F)c(F)c(F)c(F)c3F)c12. The van der Waals surface area contributed by atoms with Crippen molar-refractivity contribution in [1.82, 2.24) is 0 Å². The van der Waals surface area contributed by atoms with Crippen LogP contribution < -0.4 is 9.47 Å². The number of hydrogen-bond donors (Lipinski definition) is 0. The number of benzene rings is 5. The molecule has 0 N–H and O–H groups in total. The Bertz CT molecular complexity index is 1890. The van der Waals surface area contributed by atoms with Crippen LogP contribution in [0, 0.1) is 72.0 Å². The lowest BCUT2D eigenvalue weighted by atomic mass is 9.92. The molecule has 4 nitrogen and oxygen atoms in total. The minimum atomic E-state index is -2.51. The largest absolute Gasteiger partial charge is 0.422 e. The van der Waals surface area contributed by atoms with E-state index in [4.69, 9.17) is 9.47 Å². The number of rotatable bonds is 4. The van der Waals surface area contributed by atoms with Crippen LogP contribution in [0.5, 0.6) is 11.5 Å². The molecule has 0 aliphatic carbocycles. The number of esters is 2. The average molecular weight is 626 g/mol. The zero-order chi connectivity index (χ0) is 32.4. The molecular weight excluding hydrogens is 614 g/mol. The third-order valence-corrected chi connectivity index (χ3v) is 6.85. The highest BCUT2D eigenvalue weighted by atomic mass is 19.2. The van der Waals surface area contributed by atoms with Crippen LogP contribution in [0.2, 0.25) is 0 Å². The second kappa shape index (κ2) is 10.8. The van der Waals surface area contributed by atoms with Crippen molar-refractivity contribution in [3.8, 4) is 11.5 Å². The fraction of sp³-hybridized carbons (Fsp3) is 0.0667. The standard InChI is InChI=1S/C30H12F10O4/c1-9-11-5-3-4-6-12(11)10(2)16-14(44-30(42)18-21(33)25(37)28(40)26(38)22(18)34)8-7-13(15(9)16)43-29(41)17-19(31)23(35)27(39)24(36)20(17)32/h3-8H,1-2H3. The van der Waals surface area contributed by atoms with E-state index < -0.39 is 92.7 Å². The van der Waals surface area contributed by atoms with Gasteiger partial charge >= 0.3 is 11.9 Å². The molecule has 0 bridgehead atoms. The van der Waals surface area contributed by atoms with E-state index in [1.54, 1.807) is 24.3 Å². The van der Waals surface area contributed by atoms with Crippen LogP contribution in [0.15, 0.2) is 36.4 Å². The zero-order valence-electron chi connectivity index (χ0n) is 21.9. The number of carbonyl (C=O) groups excluding carboxylic acids is 2. The number of carbonyl (C=O) groups is 2. The van der Waals surface area contributed by atoms with Gasteiger partial charge in [0.1, 0.15) is 22.6 Å². The van der Waals surface area contributed by atoms with E-state index in [-0.39, 0.29) is 21.9 Å². The van der Waals surface area contributed by atoms with Crippen molar-refractivity contribution in [2.75, 3.05) is 0 Å². The molecule has 0 spiro atoms. The molecule has 44 heavy (non-hydrogen) atoms. The Morgan fingerprint density at radius 1 is 0.455 bits per heavy atom. The summed E-state index contributed by atoms with van der Waals surface area (Å²) >= 11 is 0. The van der Waals surface area contributed by atoms with Crippen molar-refractivity contribution >= 4 is 33.5 Å². The maximum atomic E-state index is 14.3. The molecule has 0 heterocycles. The van der Waals surface area contributed by atoms with Gasteiger partial charge in [0.05, 0.1) is 0 Å². The highest BCUT2D eigenvalue weighted by molar-refractivity contribution is 6.11. The lowest BCUT2D eigenvalue weighted by Crippen LogP contribution is -2.18. The molecule has 14 heteroatoms. The summed E-state index contributed by atoms with van der Waals surface area (Å²) in [7, 11) is 0. The third-order valence-electron chi connectivity index (χ3n) is 6.85. The van der Waals surface area contributed by atoms with Crippen molar-refractivity contribution in [3.63, 3.8) is 0 Å². The first-order valence-corrected chi connectivity index (χ1v) is 12.1. The minimum Gasteiger partial charge on any atom is -0.422 e. The van der Waals surface area contributed by atoms with Crippen LogP contribution >= 0.6 is 0 Å². The van der Waals surface area contributed by atoms with Crippen LogP contribution in [0.1, 0.15) is 31.8 Å². The second-order valence-electron chi connectivity index (χ2n) is 9.28. The van der Waals surface area contributed by atoms with E-state index in [1.165, 1.54) is 13.8 Å². The minimum absolute atomic E-state index is 0.138. The van der Waals surface area contributed by atoms with E-state index in [0.717, 1.165) is 12.1 Å². The Kier molecular flexibility index (Phi) is 7.48. The summed E-state index contributed by atoms with van der Waals surface area (Å²) in [4.78, 5) is 25.5. The quantitative estimate of drug-likeness (QED) is 0.0502. The zero-order valence-corrected chi connectivity index (χ0v) is 21.9. The summed E-state index contributed by atoms with van der Waals surface area (Å²) in [5, 5.41) is 0.686. The fourth-order valence-corrected chi connectivity index (χ4v) is 4.76. The van der Waals surface area contributed by atoms with Gasteiger partial charge in [-0.25, -0.2) is 53.5 Å². The lowest BCUT2D eigenvalue weighted by Gasteiger charge is -2.18. The Morgan fingerprint density at radius 3 is 1.02 bits per heavy atom. The molecule has 5 aromatic rings. The van der Waals surface area contributed by atoms with Gasteiger partial charge in [-0.15, -0.1) is 0 Å². The Hall–Kier alpha value is -5.14. The topological polar surface area (TPSA) is 52.6 Å². The van der Waals surface area contributed by atoms with Crippen LogP contribution in [-0.2, 0) is 0 Å². The first-order valence-electron chi connectivity index (χ1n) is 12.1. The van der Waals surface area contributed by atoms with Gasteiger partial charge in [-0.05, 0) is 47.9 Å². The Balaban J connectivity index is 1.72. The van der Waals surface area contributed by atoms with Crippen LogP contribution in [-0.4, -0.2) is 11.9 Å². The van der Waals surface area contributed by atoms with Crippen molar-refractivity contribution in [2.45, 2.75) is 13.8 Å². The van der Waals surface area contributed by atoms with Crippen molar-refractivity contribution in [1.29, 1.82) is 0 Å². The van der Waals surface area contributed by atoms with Gasteiger partial charge in [0.25, 0.3) is 0 Å². The summed E-state index contributed by atoms with van der Waals surface area (Å²) in [6, 6.07) is 8.12. The predicted octanol–water partition coefficient (Wildman–Crippen LogP) is 8.44. The number of halogens is 10. The van der Waals surface area contributed by atoms with Gasteiger partial charge in [-0.2, -0.15) is 0 Å². The first-order chi connectivity index (χ1) is 20.7. The number of hydrogen-bond acceptors (Lipinski definition) is 4. The summed E-state index contributed by atoms with van der Waals surface area (Å²) in [5.41, 5.74) is -3.33. The predicted molar refractivity (Wildman–Crippen MR) is 133 cm³/mol. The molecule has 5 rings (SSSR count). The molecular formula is C30H12F10O4. The molecule has 0 saturated carbocycles. The number of fused-ring (bicyclic) bond motifs is 2. The smallest absolute Gasteiger partial charge is 0.349 e. The average Bonchev–Trinajstić information content (AvgIpc) is 3.00. The molecule has 0 aromatic heterocycles. The molecule has 0 atom stereocenters. The second-order valence-corrected chi connectivity index (χ2v) is 9.28. The molecule has 5 aromatic carbocycles. The van der Waals surface area contributed by atoms with E-state index >= 15 is 0 Å². The maximum Gasteiger partial charge on any atom is 0.349 e. The number of ether oxygens (including phenoxy) is 2. The van der Waals surface area contributed by atoms with Crippen molar-refractivity contribution < 1.29 is 63.0 Å². The molecule has 0 fully saturated rings. The van der Waals surface area contributed by atoms with Crippen LogP contribution in [0.25, 0.3) is 21.5 Å². The summed E-state index contributed by atoms with van der Waals surface area (Å²) < 4.78 is 149. The van der Waals surface area contributed by atoms with Gasteiger partial charge < -0.3 is 9.47 Å². The molecule has 0 aliphatic rings. The van der Waals surface area contributed by atoms with Gasteiger partial charge in [0.2, 0.25) is 11.6 Å². The molecule has 0 aliphatic heterocycles. The van der Waals surface area contributed by atoms with Crippen molar-refractivity contribution in [3.05, 3.63) is 117 Å². The maximum absolute atomic E-state index is 14.3. The first kappa shape index (κ1) is 30.3. The normalized spacial score (nSPS) is 11.4. The van der Waals surface area contributed by atoms with Gasteiger partial charge in [-0.1, -0.05) is 24.3 Å². The van der Waals surface area contributed by atoms with Crippen LogP contribution in [0.3, 0.4) is 0 Å². The van der Waals surface area contributed by atoms with E-state index in [1.807, 2.05) is 0 Å². The van der Waals surface area contributed by atoms with Gasteiger partial charge in [0, 0.05) is 10.8 Å². The van der Waals surface area contributed by atoms with Crippen LogP contribution in [0.4, 0.5) is 43.9 Å². The summed E-state index contributed by atoms with van der Waals surface area (Å²) in [6.07, 6.45) is 0. The van der Waals surface area contributed by atoms with Crippen molar-refractivity contribution in [2.24, 2.45) is 0 Å². The molecule has 0 amide bonds. The Labute approximate surface area is 239 Å². The molecule has 226 valence electrons. The Morgan fingerprint density at radius 2 is 0.727 bits per heavy atom. The third kappa shape index (κ3) is 4.48. The van der Waals surface area contributed by atoms with E-state index in [9.17, 15) is 53.5 Å². The summed E-state index contributed by atoms with van der Waals surface area (Å²) in [6.45, 7) is 2.91. The molecule has 0 saturated heterocycles. The lowest BCUT2D eigenvalue weighted by molar-refractivity contribution is 0.0708. The van der Waals surface area contributed by atoms with Gasteiger partial charge in [-0.3, -0.25) is 0 Å². The summed E-state index contributed by atoms with van der Waals surface area (Å²) in [5.74, 6) is -29.6. The number of aryl methyl sites for hydroxylation is 2. The van der Waals surface area contributed by atoms with E-state index in [0.29, 0.717) is 10.8 Å². The fourth-order valence-electron chi connectivity index (χ4n) is 4.76. The monoisotopic (exact) mass is 626 g/mol. The highest BCUT2D eigenvalue weighted by Gasteiger charge is 2.33. The van der Waals surface area contributed by atoms with Gasteiger partial charge in [0.15, 0.2) is 46.5 Å². The highest BCUT2D eigenvalue weighted by Crippen LogP contribution is 2.43.